The van der Waals surface area contributed by atoms with E-state index < -0.39 is 5.97 Å². The van der Waals surface area contributed by atoms with Gasteiger partial charge < -0.3 is 5.11 Å². The molecule has 1 aliphatic rings. The van der Waals surface area contributed by atoms with E-state index in [4.69, 9.17) is 5.11 Å². The Labute approximate surface area is 115 Å². The molecule has 1 aromatic rings. The lowest BCUT2D eigenvalue weighted by atomic mass is 9.95. The van der Waals surface area contributed by atoms with Crippen LogP contribution in [0, 0.1) is 5.92 Å². The maximum absolute atomic E-state index is 10.6. The van der Waals surface area contributed by atoms with Gasteiger partial charge in [-0.2, -0.15) is 0 Å². The third-order valence-electron chi connectivity index (χ3n) is 3.96. The predicted molar refractivity (Wildman–Crippen MR) is 76.1 cm³/mol. The third kappa shape index (κ3) is 4.35. The second-order valence-electron chi connectivity index (χ2n) is 5.54. The van der Waals surface area contributed by atoms with Gasteiger partial charge in [-0.05, 0) is 36.4 Å². The van der Waals surface area contributed by atoms with Crippen LogP contribution in [0.4, 0.5) is 0 Å². The molecule has 0 aromatic heterocycles. The molecule has 1 heterocycles. The lowest BCUT2D eigenvalue weighted by molar-refractivity contribution is -0.136. The van der Waals surface area contributed by atoms with Gasteiger partial charge in [-0.15, -0.1) is 0 Å². The highest BCUT2D eigenvalue weighted by atomic mass is 16.4. The first-order valence-electron chi connectivity index (χ1n) is 7.19. The number of rotatable bonds is 5. The molecule has 1 fully saturated rings. The molecule has 0 aliphatic carbocycles. The molecule has 0 spiro atoms. The fraction of sp³-hybridized carbons (Fsp3) is 0.562. The smallest absolute Gasteiger partial charge is 0.307 e. The summed E-state index contributed by atoms with van der Waals surface area (Å²) in [5, 5.41) is 8.75. The lowest BCUT2D eigenvalue weighted by Gasteiger charge is -2.32. The minimum Gasteiger partial charge on any atom is -0.481 e. The van der Waals surface area contributed by atoms with Crippen molar-refractivity contribution in [2.75, 3.05) is 13.1 Å². The van der Waals surface area contributed by atoms with Crippen molar-refractivity contribution in [2.24, 2.45) is 5.92 Å². The zero-order valence-electron chi connectivity index (χ0n) is 11.6. The summed E-state index contributed by atoms with van der Waals surface area (Å²) in [6, 6.07) is 8.00. The highest BCUT2D eigenvalue weighted by Gasteiger charge is 2.18. The van der Waals surface area contributed by atoms with Crippen molar-refractivity contribution in [1.29, 1.82) is 0 Å². The second kappa shape index (κ2) is 6.71. The van der Waals surface area contributed by atoms with E-state index >= 15 is 0 Å². The molecule has 3 nitrogen and oxygen atoms in total. The van der Waals surface area contributed by atoms with E-state index in [1.807, 2.05) is 12.1 Å². The van der Waals surface area contributed by atoms with Crippen LogP contribution in [0.2, 0.25) is 0 Å². The number of nitrogens with zero attached hydrogens (tertiary/aromatic N) is 1. The Morgan fingerprint density at radius 2 is 2.00 bits per heavy atom. The molecule has 2 rings (SSSR count). The summed E-state index contributed by atoms with van der Waals surface area (Å²) in [5.74, 6) is 0.0783. The van der Waals surface area contributed by atoms with E-state index in [9.17, 15) is 4.79 Å². The van der Waals surface area contributed by atoms with Gasteiger partial charge in [-0.1, -0.05) is 37.6 Å². The molecule has 1 atom stereocenters. The average Bonchev–Trinajstić information content (AvgIpc) is 2.41. The van der Waals surface area contributed by atoms with E-state index in [1.54, 1.807) is 0 Å². The summed E-state index contributed by atoms with van der Waals surface area (Å²) in [5.41, 5.74) is 2.16. The fourth-order valence-corrected chi connectivity index (χ4v) is 2.82. The molecule has 0 amide bonds. The topological polar surface area (TPSA) is 40.5 Å². The first-order chi connectivity index (χ1) is 9.17. The summed E-state index contributed by atoms with van der Waals surface area (Å²) in [6.07, 6.45) is 4.05. The molecule has 1 aromatic carbocycles. The van der Waals surface area contributed by atoms with Crippen molar-refractivity contribution in [2.45, 2.75) is 39.2 Å². The fourth-order valence-electron chi connectivity index (χ4n) is 2.82. The Morgan fingerprint density at radius 1 is 1.32 bits per heavy atom. The quantitative estimate of drug-likeness (QED) is 0.886. The van der Waals surface area contributed by atoms with E-state index in [0.717, 1.165) is 18.0 Å². The van der Waals surface area contributed by atoms with Crippen molar-refractivity contribution in [3.05, 3.63) is 35.4 Å². The van der Waals surface area contributed by atoms with Crippen LogP contribution in [0.1, 0.15) is 37.3 Å². The first-order valence-corrected chi connectivity index (χ1v) is 7.19. The molecule has 1 N–H and O–H groups in total. The van der Waals surface area contributed by atoms with Crippen LogP contribution in [0.5, 0.6) is 0 Å². The summed E-state index contributed by atoms with van der Waals surface area (Å²) in [6.45, 7) is 5.65. The minimum atomic E-state index is -0.769. The predicted octanol–water partition coefficient (Wildman–Crippen LogP) is 2.94. The number of carbonyl (C=O) groups is 1. The number of piperidine rings is 1. The van der Waals surface area contributed by atoms with Crippen molar-refractivity contribution in [3.8, 4) is 0 Å². The van der Waals surface area contributed by atoms with Crippen molar-refractivity contribution >= 4 is 5.97 Å². The van der Waals surface area contributed by atoms with Crippen LogP contribution >= 0.6 is 0 Å². The number of aliphatic carboxylic acids is 1. The average molecular weight is 261 g/mol. The van der Waals surface area contributed by atoms with Crippen LogP contribution in [0.3, 0.4) is 0 Å². The zero-order chi connectivity index (χ0) is 13.7. The van der Waals surface area contributed by atoms with Crippen molar-refractivity contribution in [1.82, 2.24) is 4.90 Å². The summed E-state index contributed by atoms with van der Waals surface area (Å²) in [4.78, 5) is 13.1. The van der Waals surface area contributed by atoms with E-state index in [2.05, 4.69) is 24.0 Å². The maximum atomic E-state index is 10.6. The highest BCUT2D eigenvalue weighted by molar-refractivity contribution is 5.70. The summed E-state index contributed by atoms with van der Waals surface area (Å²) < 4.78 is 0. The molecule has 104 valence electrons. The van der Waals surface area contributed by atoms with E-state index in [0.29, 0.717) is 0 Å². The molecule has 3 heteroatoms. The minimum absolute atomic E-state index is 0.113. The van der Waals surface area contributed by atoms with Gasteiger partial charge in [-0.3, -0.25) is 9.69 Å². The van der Waals surface area contributed by atoms with Gasteiger partial charge in [0, 0.05) is 13.1 Å². The van der Waals surface area contributed by atoms with Crippen LogP contribution < -0.4 is 0 Å². The van der Waals surface area contributed by atoms with Gasteiger partial charge in [0.05, 0.1) is 6.42 Å². The molecule has 19 heavy (non-hydrogen) atoms. The summed E-state index contributed by atoms with van der Waals surface area (Å²) >= 11 is 0. The Hall–Kier alpha value is -1.35. The Kier molecular flexibility index (Phi) is 4.97. The van der Waals surface area contributed by atoms with Crippen LogP contribution in [0.25, 0.3) is 0 Å². The lowest BCUT2D eigenvalue weighted by Crippen LogP contribution is -2.34. The highest BCUT2D eigenvalue weighted by Crippen LogP contribution is 2.20. The SMILES string of the molecule is CCC1CCCN(Cc2ccc(CC(=O)O)cc2)C1. The van der Waals surface area contributed by atoms with Crippen LogP contribution in [-0.2, 0) is 17.8 Å². The van der Waals surface area contributed by atoms with Gasteiger partial charge in [-0.25, -0.2) is 0 Å². The van der Waals surface area contributed by atoms with E-state index in [-0.39, 0.29) is 6.42 Å². The number of hydrogen-bond donors (Lipinski definition) is 1. The van der Waals surface area contributed by atoms with Gasteiger partial charge in [0.1, 0.15) is 0 Å². The molecule has 0 radical (unpaired) electrons. The third-order valence-corrected chi connectivity index (χ3v) is 3.96. The van der Waals surface area contributed by atoms with Crippen molar-refractivity contribution < 1.29 is 9.90 Å². The second-order valence-corrected chi connectivity index (χ2v) is 5.54. The molecule has 1 aliphatic heterocycles. The number of hydrogen-bond acceptors (Lipinski definition) is 2. The largest absolute Gasteiger partial charge is 0.481 e. The van der Waals surface area contributed by atoms with Gasteiger partial charge >= 0.3 is 5.97 Å². The number of likely N-dealkylation sites (tertiary alicyclic amines) is 1. The normalized spacial score (nSPS) is 20.4. The Bertz CT molecular complexity index is 413. The molecule has 0 saturated carbocycles. The monoisotopic (exact) mass is 261 g/mol. The molecule has 0 bridgehead atoms. The first kappa shape index (κ1) is 14.1. The van der Waals surface area contributed by atoms with Gasteiger partial charge in [0.2, 0.25) is 0 Å². The maximum Gasteiger partial charge on any atom is 0.307 e. The molecule has 1 saturated heterocycles. The molecular formula is C16H23NO2. The number of carboxylic acid groups (broad SMARTS) is 1. The molecular weight excluding hydrogens is 238 g/mol. The van der Waals surface area contributed by atoms with Crippen LogP contribution in [-0.4, -0.2) is 29.1 Å². The molecule has 1 unspecified atom stereocenters. The van der Waals surface area contributed by atoms with Gasteiger partial charge in [0.15, 0.2) is 0 Å². The Morgan fingerprint density at radius 3 is 2.63 bits per heavy atom. The summed E-state index contributed by atoms with van der Waals surface area (Å²) in [7, 11) is 0. The zero-order valence-corrected chi connectivity index (χ0v) is 11.6. The number of benzene rings is 1. The standard InChI is InChI=1S/C16H23NO2/c1-2-13-4-3-9-17(11-13)12-15-7-5-14(6-8-15)10-16(18)19/h5-8,13H,2-4,9-12H2,1H3,(H,18,19). The number of carboxylic acids is 1. The van der Waals surface area contributed by atoms with Crippen molar-refractivity contribution in [3.63, 3.8) is 0 Å². The van der Waals surface area contributed by atoms with Crippen LogP contribution in [0.15, 0.2) is 24.3 Å². The van der Waals surface area contributed by atoms with Gasteiger partial charge in [0.25, 0.3) is 0 Å². The Balaban J connectivity index is 1.90. The van der Waals surface area contributed by atoms with E-state index in [1.165, 1.54) is 37.9 Å².